The summed E-state index contributed by atoms with van der Waals surface area (Å²) in [6.07, 6.45) is -1.29. The molecule has 0 aliphatic carbocycles. The van der Waals surface area contributed by atoms with Gasteiger partial charge in [-0.3, -0.25) is 0 Å². The monoisotopic (exact) mass is 408 g/mol. The molecule has 1 atom stereocenters. The van der Waals surface area contributed by atoms with Crippen molar-refractivity contribution in [2.45, 2.75) is 16.5 Å². The number of alkyl halides is 3. The molecule has 0 radical (unpaired) electrons. The van der Waals surface area contributed by atoms with Gasteiger partial charge in [-0.1, -0.05) is 81.1 Å². The molecule has 0 saturated heterocycles. The molecule has 0 aliphatic rings. The molecule has 0 aliphatic heterocycles. The first-order chi connectivity index (χ1) is 9.88. The number of hydrogen-bond acceptors (Lipinski definition) is 2. The van der Waals surface area contributed by atoms with Crippen LogP contribution in [0.2, 0.25) is 0 Å². The van der Waals surface area contributed by atoms with E-state index in [0.29, 0.717) is 17.9 Å². The molecule has 2 nitrogen and oxygen atoms in total. The van der Waals surface area contributed by atoms with Gasteiger partial charge in [-0.25, -0.2) is 0 Å². The topological polar surface area (TPSA) is 29.5 Å². The zero-order valence-corrected chi connectivity index (χ0v) is 14.6. The lowest BCUT2D eigenvalue weighted by Crippen LogP contribution is -2.17. The highest BCUT2D eigenvalue weighted by atomic mass is 79.9. The van der Waals surface area contributed by atoms with Gasteiger partial charge in [0.15, 0.2) is 0 Å². The van der Waals surface area contributed by atoms with Gasteiger partial charge in [0.05, 0.1) is 0 Å². The molecule has 2 rings (SSSR count). The molecular weight excluding hydrogens is 398 g/mol. The fourth-order valence-electron chi connectivity index (χ4n) is 1.78. The summed E-state index contributed by atoms with van der Waals surface area (Å²) in [7, 11) is 0. The summed E-state index contributed by atoms with van der Waals surface area (Å²) in [6.45, 7) is 0.363. The normalized spacial score (nSPS) is 13.0. The van der Waals surface area contributed by atoms with Gasteiger partial charge in [-0.05, 0) is 23.8 Å². The molecule has 2 aromatic carbocycles. The molecule has 0 amide bonds. The van der Waals surface area contributed by atoms with Crippen LogP contribution in [0.3, 0.4) is 0 Å². The van der Waals surface area contributed by atoms with Gasteiger partial charge in [0.2, 0.25) is 3.79 Å². The van der Waals surface area contributed by atoms with Crippen LogP contribution in [0.1, 0.15) is 17.2 Å². The van der Waals surface area contributed by atoms with Crippen molar-refractivity contribution in [2.24, 2.45) is 0 Å². The van der Waals surface area contributed by atoms with Crippen LogP contribution in [0.25, 0.3) is 0 Å². The molecule has 21 heavy (non-hydrogen) atoms. The third kappa shape index (κ3) is 4.76. The molecule has 0 heterocycles. The summed E-state index contributed by atoms with van der Waals surface area (Å²) in [5, 5.41) is 10.2. The highest BCUT2D eigenvalue weighted by Gasteiger charge is 2.34. The number of rotatable bonds is 4. The molecule has 0 saturated carbocycles. The molecule has 112 valence electrons. The molecule has 0 aromatic heterocycles. The lowest BCUT2D eigenvalue weighted by molar-refractivity contribution is 0.174. The Morgan fingerprint density at radius 1 is 1.10 bits per heavy atom. The standard InChI is InChI=1S/C15H12BrCl3O2/c16-11-6-7-13(12(8-11)14(20)15(17,18)19)21-9-10-4-2-1-3-5-10/h1-8,14,20H,9H2. The molecule has 2 aromatic rings. The summed E-state index contributed by atoms with van der Waals surface area (Å²) < 4.78 is 4.67. The predicted octanol–water partition coefficient (Wildman–Crippen LogP) is 5.43. The first-order valence-electron chi connectivity index (χ1n) is 6.09. The van der Waals surface area contributed by atoms with Gasteiger partial charge in [-0.2, -0.15) is 0 Å². The smallest absolute Gasteiger partial charge is 0.220 e. The van der Waals surface area contributed by atoms with Crippen LogP contribution in [0.5, 0.6) is 5.75 Å². The second-order valence-electron chi connectivity index (χ2n) is 4.40. The maximum absolute atomic E-state index is 10.2. The minimum Gasteiger partial charge on any atom is -0.489 e. The third-order valence-corrected chi connectivity index (χ3v) is 3.93. The molecular formula is C15H12BrCl3O2. The Hall–Kier alpha value is -0.450. The summed E-state index contributed by atoms with van der Waals surface area (Å²) in [5.74, 6) is 0.473. The van der Waals surface area contributed by atoms with Crippen molar-refractivity contribution < 1.29 is 9.84 Å². The Bertz CT molecular complexity index is 600. The number of aliphatic hydroxyl groups is 1. The van der Waals surface area contributed by atoms with E-state index >= 15 is 0 Å². The van der Waals surface area contributed by atoms with Crippen molar-refractivity contribution in [3.8, 4) is 5.75 Å². The van der Waals surface area contributed by atoms with Gasteiger partial charge < -0.3 is 9.84 Å². The third-order valence-electron chi connectivity index (χ3n) is 2.81. The average molecular weight is 411 g/mol. The summed E-state index contributed by atoms with van der Waals surface area (Å²) in [5.41, 5.74) is 1.43. The minimum atomic E-state index is -1.83. The van der Waals surface area contributed by atoms with Crippen LogP contribution in [0.4, 0.5) is 0 Å². The summed E-state index contributed by atoms with van der Waals surface area (Å²) >= 11 is 20.6. The maximum Gasteiger partial charge on any atom is 0.220 e. The maximum atomic E-state index is 10.2. The molecule has 0 bridgehead atoms. The Morgan fingerprint density at radius 3 is 2.38 bits per heavy atom. The van der Waals surface area contributed by atoms with Crippen molar-refractivity contribution in [1.29, 1.82) is 0 Å². The molecule has 1 unspecified atom stereocenters. The first kappa shape index (κ1) is 16.9. The molecule has 6 heteroatoms. The highest BCUT2D eigenvalue weighted by Crippen LogP contribution is 2.43. The second-order valence-corrected chi connectivity index (χ2v) is 7.69. The second kappa shape index (κ2) is 7.21. The number of benzene rings is 2. The van der Waals surface area contributed by atoms with E-state index in [1.165, 1.54) is 0 Å². The first-order valence-corrected chi connectivity index (χ1v) is 8.01. The summed E-state index contributed by atoms with van der Waals surface area (Å²) in [4.78, 5) is 0. The minimum absolute atomic E-state index is 0.363. The van der Waals surface area contributed by atoms with E-state index in [9.17, 15) is 5.11 Å². The number of ether oxygens (including phenoxy) is 1. The van der Waals surface area contributed by atoms with Crippen molar-refractivity contribution in [3.63, 3.8) is 0 Å². The summed E-state index contributed by atoms with van der Waals surface area (Å²) in [6, 6.07) is 14.9. The lowest BCUT2D eigenvalue weighted by Gasteiger charge is -2.22. The quantitative estimate of drug-likeness (QED) is 0.681. The van der Waals surface area contributed by atoms with Crippen molar-refractivity contribution in [2.75, 3.05) is 0 Å². The predicted molar refractivity (Wildman–Crippen MR) is 90.2 cm³/mol. The largest absolute Gasteiger partial charge is 0.489 e. The number of halogens is 4. The van der Waals surface area contributed by atoms with Gasteiger partial charge in [-0.15, -0.1) is 0 Å². The fraction of sp³-hybridized carbons (Fsp3) is 0.200. The van der Waals surface area contributed by atoms with E-state index in [1.54, 1.807) is 18.2 Å². The van der Waals surface area contributed by atoms with Gasteiger partial charge in [0.1, 0.15) is 18.5 Å². The highest BCUT2D eigenvalue weighted by molar-refractivity contribution is 9.10. The van der Waals surface area contributed by atoms with Crippen LogP contribution in [0, 0.1) is 0 Å². The van der Waals surface area contributed by atoms with E-state index in [0.717, 1.165) is 10.0 Å². The van der Waals surface area contributed by atoms with E-state index in [1.807, 2.05) is 30.3 Å². The van der Waals surface area contributed by atoms with Crippen LogP contribution < -0.4 is 4.74 Å². The molecule has 0 spiro atoms. The van der Waals surface area contributed by atoms with Crippen LogP contribution >= 0.6 is 50.7 Å². The fourth-order valence-corrected chi connectivity index (χ4v) is 2.51. The zero-order valence-electron chi connectivity index (χ0n) is 10.8. The Kier molecular flexibility index (Phi) is 5.81. The van der Waals surface area contributed by atoms with E-state index in [-0.39, 0.29) is 0 Å². The van der Waals surface area contributed by atoms with E-state index in [2.05, 4.69) is 15.9 Å². The van der Waals surface area contributed by atoms with Gasteiger partial charge in [0.25, 0.3) is 0 Å². The van der Waals surface area contributed by atoms with Crippen molar-refractivity contribution >= 4 is 50.7 Å². The van der Waals surface area contributed by atoms with Crippen LogP contribution in [-0.2, 0) is 6.61 Å². The Morgan fingerprint density at radius 2 is 1.76 bits per heavy atom. The van der Waals surface area contributed by atoms with E-state index in [4.69, 9.17) is 39.5 Å². The SMILES string of the molecule is OC(c1cc(Br)ccc1OCc1ccccc1)C(Cl)(Cl)Cl. The van der Waals surface area contributed by atoms with E-state index < -0.39 is 9.90 Å². The van der Waals surface area contributed by atoms with Crippen molar-refractivity contribution in [3.05, 3.63) is 64.1 Å². The van der Waals surface area contributed by atoms with Gasteiger partial charge >= 0.3 is 0 Å². The Labute approximate surface area is 146 Å². The lowest BCUT2D eigenvalue weighted by atomic mass is 10.1. The van der Waals surface area contributed by atoms with Crippen LogP contribution in [0.15, 0.2) is 53.0 Å². The van der Waals surface area contributed by atoms with Crippen LogP contribution in [-0.4, -0.2) is 8.90 Å². The van der Waals surface area contributed by atoms with Crippen molar-refractivity contribution in [1.82, 2.24) is 0 Å². The number of hydrogen-bond donors (Lipinski definition) is 1. The average Bonchev–Trinajstić information content (AvgIpc) is 2.45. The molecule has 1 N–H and O–H groups in total. The molecule has 0 fully saturated rings. The number of aliphatic hydroxyl groups excluding tert-OH is 1. The Balaban J connectivity index is 2.23. The van der Waals surface area contributed by atoms with Gasteiger partial charge in [0, 0.05) is 10.0 Å². The zero-order chi connectivity index (χ0) is 15.5.